The lowest BCUT2D eigenvalue weighted by Gasteiger charge is -2.33. The highest BCUT2D eigenvalue weighted by molar-refractivity contribution is 5.68. The van der Waals surface area contributed by atoms with Crippen molar-refractivity contribution in [2.45, 2.75) is 26.4 Å². The van der Waals surface area contributed by atoms with Gasteiger partial charge in [-0.3, -0.25) is 9.59 Å². The van der Waals surface area contributed by atoms with E-state index in [0.717, 1.165) is 6.41 Å². The van der Waals surface area contributed by atoms with Gasteiger partial charge in [0.05, 0.1) is 0 Å². The average molecular weight is 260 g/mol. The smallest absolute Gasteiger partial charge is 0.410 e. The molecule has 1 fully saturated rings. The minimum absolute atomic E-state index is 0.250. The predicted octanol–water partition coefficient (Wildman–Crippen LogP) is 0.396. The Bertz CT molecular complexity index is 280. The van der Waals surface area contributed by atoms with Crippen LogP contribution in [0.2, 0.25) is 0 Å². The van der Waals surface area contributed by atoms with E-state index in [2.05, 4.69) is 0 Å². The zero-order valence-corrected chi connectivity index (χ0v) is 11.0. The number of ether oxygens (including phenoxy) is 1. The third-order valence-corrected chi connectivity index (χ3v) is 2.12. The summed E-state index contributed by atoms with van der Waals surface area (Å²) in [6, 6.07) is 0. The largest absolute Gasteiger partial charge is 0.483 e. The Hall–Kier alpha value is -1.79. The van der Waals surface area contributed by atoms with Gasteiger partial charge >= 0.3 is 6.09 Å². The van der Waals surface area contributed by atoms with Crippen molar-refractivity contribution in [1.29, 1.82) is 0 Å². The molecule has 1 aliphatic heterocycles. The lowest BCUT2D eigenvalue weighted by Crippen LogP contribution is -2.49. The third-order valence-electron chi connectivity index (χ3n) is 2.12. The molecular weight excluding hydrogens is 240 g/mol. The molecule has 0 aromatic heterocycles. The van der Waals surface area contributed by atoms with Crippen LogP contribution in [0.4, 0.5) is 4.79 Å². The standard InChI is InChI=1S/C10H18N2O3.CH2O2/c1-10(2,3)15-9(14)12-6-4-11(8-13)5-7-12;2-1-3/h8H,4-7H2,1-3H3;1H,(H,2,3). The Morgan fingerprint density at radius 3 is 1.94 bits per heavy atom. The molecular formula is C11H20N2O5. The summed E-state index contributed by atoms with van der Waals surface area (Å²) in [6.45, 7) is 7.54. The first-order valence-electron chi connectivity index (χ1n) is 5.59. The quantitative estimate of drug-likeness (QED) is 0.689. The molecule has 7 heteroatoms. The molecule has 0 aromatic rings. The summed E-state index contributed by atoms with van der Waals surface area (Å²) in [5.74, 6) is 0. The van der Waals surface area contributed by atoms with Crippen molar-refractivity contribution in [2.24, 2.45) is 0 Å². The Labute approximate surface area is 106 Å². The summed E-state index contributed by atoms with van der Waals surface area (Å²) in [5, 5.41) is 6.89. The van der Waals surface area contributed by atoms with E-state index in [9.17, 15) is 9.59 Å². The minimum Gasteiger partial charge on any atom is -0.483 e. The number of hydrogen-bond acceptors (Lipinski definition) is 4. The van der Waals surface area contributed by atoms with Crippen LogP contribution in [0.1, 0.15) is 20.8 Å². The maximum atomic E-state index is 11.6. The van der Waals surface area contributed by atoms with E-state index in [1.54, 1.807) is 9.80 Å². The Morgan fingerprint density at radius 1 is 1.17 bits per heavy atom. The number of hydrogen-bond donors (Lipinski definition) is 1. The summed E-state index contributed by atoms with van der Waals surface area (Å²) in [6.07, 6.45) is 0.514. The summed E-state index contributed by atoms with van der Waals surface area (Å²) in [4.78, 5) is 33.7. The zero-order valence-electron chi connectivity index (χ0n) is 11.0. The van der Waals surface area contributed by atoms with Gasteiger partial charge in [-0.25, -0.2) is 4.79 Å². The van der Waals surface area contributed by atoms with E-state index in [1.807, 2.05) is 20.8 Å². The first-order valence-corrected chi connectivity index (χ1v) is 5.59. The van der Waals surface area contributed by atoms with E-state index in [4.69, 9.17) is 14.6 Å². The second-order valence-electron chi connectivity index (χ2n) is 4.71. The van der Waals surface area contributed by atoms with Crippen molar-refractivity contribution >= 4 is 19.0 Å². The molecule has 2 amide bonds. The Balaban J connectivity index is 0.000000873. The molecule has 7 nitrogen and oxygen atoms in total. The fourth-order valence-electron chi connectivity index (χ4n) is 1.34. The summed E-state index contributed by atoms with van der Waals surface area (Å²) >= 11 is 0. The van der Waals surface area contributed by atoms with Gasteiger partial charge in [0.15, 0.2) is 0 Å². The highest BCUT2D eigenvalue weighted by Crippen LogP contribution is 2.11. The topological polar surface area (TPSA) is 87.2 Å². The van der Waals surface area contributed by atoms with Gasteiger partial charge < -0.3 is 19.6 Å². The van der Waals surface area contributed by atoms with Gasteiger partial charge in [-0.15, -0.1) is 0 Å². The lowest BCUT2D eigenvalue weighted by molar-refractivity contribution is -0.123. The number of piperazine rings is 1. The van der Waals surface area contributed by atoms with E-state index in [1.165, 1.54) is 0 Å². The summed E-state index contributed by atoms with van der Waals surface area (Å²) in [5.41, 5.74) is -0.459. The van der Waals surface area contributed by atoms with E-state index in [-0.39, 0.29) is 12.6 Å². The molecule has 0 aliphatic carbocycles. The number of rotatable bonds is 1. The van der Waals surface area contributed by atoms with Crippen molar-refractivity contribution < 1.29 is 24.2 Å². The maximum absolute atomic E-state index is 11.6. The predicted molar refractivity (Wildman–Crippen MR) is 64.1 cm³/mol. The number of carbonyl (C=O) groups is 3. The van der Waals surface area contributed by atoms with Crippen LogP contribution in [0, 0.1) is 0 Å². The van der Waals surface area contributed by atoms with E-state index < -0.39 is 5.60 Å². The lowest BCUT2D eigenvalue weighted by atomic mass is 10.2. The van der Waals surface area contributed by atoms with Crippen LogP contribution in [-0.2, 0) is 14.3 Å². The molecule has 18 heavy (non-hydrogen) atoms. The molecule has 0 unspecified atom stereocenters. The fraction of sp³-hybridized carbons (Fsp3) is 0.727. The molecule has 0 spiro atoms. The molecule has 1 heterocycles. The van der Waals surface area contributed by atoms with Crippen LogP contribution >= 0.6 is 0 Å². The van der Waals surface area contributed by atoms with E-state index in [0.29, 0.717) is 26.2 Å². The minimum atomic E-state index is -0.459. The first kappa shape index (κ1) is 16.2. The van der Waals surface area contributed by atoms with Crippen molar-refractivity contribution in [2.75, 3.05) is 26.2 Å². The second kappa shape index (κ2) is 7.52. The SMILES string of the molecule is CC(C)(C)OC(=O)N1CCN(C=O)CC1.O=CO. The molecule has 0 saturated carbocycles. The van der Waals surface area contributed by atoms with E-state index >= 15 is 0 Å². The fourth-order valence-corrected chi connectivity index (χ4v) is 1.34. The average Bonchev–Trinajstić information content (AvgIpc) is 2.28. The molecule has 104 valence electrons. The maximum Gasteiger partial charge on any atom is 0.410 e. The van der Waals surface area contributed by atoms with Gasteiger partial charge in [-0.1, -0.05) is 0 Å². The summed E-state index contributed by atoms with van der Waals surface area (Å²) < 4.78 is 5.23. The molecule has 1 rings (SSSR count). The van der Waals surface area contributed by atoms with Crippen LogP contribution in [0.25, 0.3) is 0 Å². The molecule has 0 bridgehead atoms. The second-order valence-corrected chi connectivity index (χ2v) is 4.71. The normalized spacial score (nSPS) is 15.3. The molecule has 0 atom stereocenters. The Kier molecular flexibility index (Phi) is 6.77. The van der Waals surface area contributed by atoms with Gasteiger partial charge in [-0.2, -0.15) is 0 Å². The Morgan fingerprint density at radius 2 is 1.61 bits per heavy atom. The van der Waals surface area contributed by atoms with Crippen LogP contribution in [0.5, 0.6) is 0 Å². The number of carboxylic acid groups (broad SMARTS) is 1. The van der Waals surface area contributed by atoms with Gasteiger partial charge in [0.25, 0.3) is 6.47 Å². The van der Waals surface area contributed by atoms with Gasteiger partial charge in [0.2, 0.25) is 6.41 Å². The van der Waals surface area contributed by atoms with Crippen LogP contribution in [-0.4, -0.2) is 65.7 Å². The number of carbonyl (C=O) groups excluding carboxylic acids is 2. The van der Waals surface area contributed by atoms with Gasteiger partial charge in [-0.05, 0) is 20.8 Å². The van der Waals surface area contributed by atoms with Crippen molar-refractivity contribution in [3.8, 4) is 0 Å². The zero-order chi connectivity index (χ0) is 14.2. The summed E-state index contributed by atoms with van der Waals surface area (Å²) in [7, 11) is 0. The monoisotopic (exact) mass is 260 g/mol. The molecule has 0 aromatic carbocycles. The van der Waals surface area contributed by atoms with Crippen LogP contribution < -0.4 is 0 Å². The van der Waals surface area contributed by atoms with Crippen molar-refractivity contribution in [1.82, 2.24) is 9.80 Å². The molecule has 1 saturated heterocycles. The van der Waals surface area contributed by atoms with Gasteiger partial charge in [0, 0.05) is 26.2 Å². The number of nitrogens with zero attached hydrogens (tertiary/aromatic N) is 2. The third kappa shape index (κ3) is 6.72. The number of amides is 2. The molecule has 0 radical (unpaired) electrons. The first-order chi connectivity index (χ1) is 8.34. The van der Waals surface area contributed by atoms with Gasteiger partial charge in [0.1, 0.15) is 5.60 Å². The van der Waals surface area contributed by atoms with Crippen molar-refractivity contribution in [3.05, 3.63) is 0 Å². The highest BCUT2D eigenvalue weighted by Gasteiger charge is 2.25. The van der Waals surface area contributed by atoms with Crippen LogP contribution in [0.3, 0.4) is 0 Å². The molecule has 1 aliphatic rings. The molecule has 1 N–H and O–H groups in total. The highest BCUT2D eigenvalue weighted by atomic mass is 16.6. The van der Waals surface area contributed by atoms with Crippen molar-refractivity contribution in [3.63, 3.8) is 0 Å². The van der Waals surface area contributed by atoms with Crippen LogP contribution in [0.15, 0.2) is 0 Å².